The van der Waals surface area contributed by atoms with E-state index in [9.17, 15) is 9.59 Å². The number of benzene rings is 1. The third kappa shape index (κ3) is 5.66. The highest BCUT2D eigenvalue weighted by Crippen LogP contribution is 2.14. The van der Waals surface area contributed by atoms with Gasteiger partial charge in [-0.05, 0) is 31.5 Å². The number of carbonyl (C=O) groups is 2. The zero-order valence-electron chi connectivity index (χ0n) is 17.2. The first kappa shape index (κ1) is 21.0. The van der Waals surface area contributed by atoms with E-state index in [4.69, 9.17) is 0 Å². The van der Waals surface area contributed by atoms with Crippen molar-refractivity contribution in [3.63, 3.8) is 0 Å². The van der Waals surface area contributed by atoms with Crippen molar-refractivity contribution in [1.29, 1.82) is 0 Å². The van der Waals surface area contributed by atoms with Crippen molar-refractivity contribution in [3.8, 4) is 0 Å². The predicted octanol–water partition coefficient (Wildman–Crippen LogP) is 2.17. The minimum atomic E-state index is -0.291. The SMILES string of the molecule is Cc1nn(Cc2ccccc2)c(C)c1CNC(=O)NCCNC(=O)c1cccnc1. The van der Waals surface area contributed by atoms with Gasteiger partial charge in [-0.25, -0.2) is 4.79 Å². The van der Waals surface area contributed by atoms with Gasteiger partial charge in [-0.15, -0.1) is 0 Å². The summed E-state index contributed by atoms with van der Waals surface area (Å²) in [4.78, 5) is 27.9. The molecule has 0 aliphatic carbocycles. The van der Waals surface area contributed by atoms with E-state index in [1.165, 1.54) is 11.8 Å². The molecule has 2 heterocycles. The Hall–Kier alpha value is -3.68. The molecule has 0 saturated carbocycles. The summed E-state index contributed by atoms with van der Waals surface area (Å²) in [6, 6.07) is 13.2. The Labute approximate surface area is 175 Å². The number of nitrogens with zero attached hydrogens (tertiary/aromatic N) is 3. The van der Waals surface area contributed by atoms with Crippen LogP contribution in [0.15, 0.2) is 54.9 Å². The van der Waals surface area contributed by atoms with Crippen molar-refractivity contribution in [2.24, 2.45) is 0 Å². The Bertz CT molecular complexity index is 986. The normalized spacial score (nSPS) is 10.5. The van der Waals surface area contributed by atoms with Crippen molar-refractivity contribution < 1.29 is 9.59 Å². The Morgan fingerprint density at radius 2 is 1.73 bits per heavy atom. The lowest BCUT2D eigenvalue weighted by atomic mass is 10.2. The number of amides is 3. The maximum Gasteiger partial charge on any atom is 0.315 e. The van der Waals surface area contributed by atoms with E-state index >= 15 is 0 Å². The second-order valence-corrected chi connectivity index (χ2v) is 6.90. The molecule has 3 amide bonds. The number of carbonyl (C=O) groups excluding carboxylic acids is 2. The molecule has 0 atom stereocenters. The van der Waals surface area contributed by atoms with Crippen LogP contribution in [-0.2, 0) is 13.1 Å². The summed E-state index contributed by atoms with van der Waals surface area (Å²) < 4.78 is 1.95. The molecule has 0 aliphatic heterocycles. The molecule has 0 fully saturated rings. The highest BCUT2D eigenvalue weighted by atomic mass is 16.2. The Balaban J connectivity index is 1.43. The van der Waals surface area contributed by atoms with Crippen molar-refractivity contribution in [3.05, 3.63) is 82.9 Å². The average molecular weight is 406 g/mol. The Morgan fingerprint density at radius 3 is 2.47 bits per heavy atom. The molecule has 0 bridgehead atoms. The summed E-state index contributed by atoms with van der Waals surface area (Å²) in [5, 5.41) is 12.9. The van der Waals surface area contributed by atoms with E-state index < -0.39 is 0 Å². The van der Waals surface area contributed by atoms with Crippen LogP contribution in [0.5, 0.6) is 0 Å². The first-order chi connectivity index (χ1) is 14.5. The maximum absolute atomic E-state index is 12.1. The lowest BCUT2D eigenvalue weighted by molar-refractivity contribution is 0.0953. The van der Waals surface area contributed by atoms with Gasteiger partial charge in [0, 0.05) is 43.3 Å². The lowest BCUT2D eigenvalue weighted by Crippen LogP contribution is -2.40. The van der Waals surface area contributed by atoms with Gasteiger partial charge in [0.2, 0.25) is 0 Å². The molecule has 156 valence electrons. The van der Waals surface area contributed by atoms with Crippen molar-refractivity contribution in [1.82, 2.24) is 30.7 Å². The minimum Gasteiger partial charge on any atom is -0.350 e. The summed E-state index contributed by atoms with van der Waals surface area (Å²) >= 11 is 0. The predicted molar refractivity (Wildman–Crippen MR) is 114 cm³/mol. The van der Waals surface area contributed by atoms with Crippen LogP contribution < -0.4 is 16.0 Å². The number of nitrogens with one attached hydrogen (secondary N) is 3. The van der Waals surface area contributed by atoms with E-state index in [1.807, 2.05) is 36.7 Å². The number of aryl methyl sites for hydroxylation is 1. The van der Waals surface area contributed by atoms with E-state index in [0.717, 1.165) is 17.0 Å². The third-order valence-corrected chi connectivity index (χ3v) is 4.75. The van der Waals surface area contributed by atoms with Crippen LogP contribution in [0.1, 0.15) is 32.9 Å². The fourth-order valence-electron chi connectivity index (χ4n) is 3.08. The Morgan fingerprint density at radius 1 is 0.967 bits per heavy atom. The highest BCUT2D eigenvalue weighted by molar-refractivity contribution is 5.93. The molecule has 3 N–H and O–H groups in total. The second kappa shape index (κ2) is 10.2. The molecule has 8 heteroatoms. The molecule has 0 spiro atoms. The Kier molecular flexibility index (Phi) is 7.15. The van der Waals surface area contributed by atoms with Gasteiger partial charge in [-0.2, -0.15) is 5.10 Å². The molecule has 2 aromatic heterocycles. The fourth-order valence-corrected chi connectivity index (χ4v) is 3.08. The van der Waals surface area contributed by atoms with Crippen LogP contribution >= 0.6 is 0 Å². The number of rotatable bonds is 8. The number of aromatic nitrogens is 3. The van der Waals surface area contributed by atoms with Crippen LogP contribution in [0, 0.1) is 13.8 Å². The highest BCUT2D eigenvalue weighted by Gasteiger charge is 2.13. The third-order valence-electron chi connectivity index (χ3n) is 4.75. The van der Waals surface area contributed by atoms with Gasteiger partial charge in [-0.3, -0.25) is 14.5 Å². The molecular formula is C22H26N6O2. The number of pyridine rings is 1. The average Bonchev–Trinajstić information content (AvgIpc) is 3.03. The molecular weight excluding hydrogens is 380 g/mol. The van der Waals surface area contributed by atoms with Crippen molar-refractivity contribution in [2.45, 2.75) is 26.9 Å². The first-order valence-electron chi connectivity index (χ1n) is 9.81. The molecule has 1 aromatic carbocycles. The second-order valence-electron chi connectivity index (χ2n) is 6.90. The molecule has 0 radical (unpaired) electrons. The largest absolute Gasteiger partial charge is 0.350 e. The van der Waals surface area contributed by atoms with Crippen LogP contribution in [0.2, 0.25) is 0 Å². The molecule has 0 saturated heterocycles. The van der Waals surface area contributed by atoms with E-state index in [-0.39, 0.29) is 11.9 Å². The zero-order chi connectivity index (χ0) is 21.3. The summed E-state index contributed by atoms with van der Waals surface area (Å²) in [5.41, 5.74) is 4.59. The van der Waals surface area contributed by atoms with Gasteiger partial charge in [0.1, 0.15) is 0 Å². The van der Waals surface area contributed by atoms with Crippen molar-refractivity contribution in [2.75, 3.05) is 13.1 Å². The quantitative estimate of drug-likeness (QED) is 0.499. The van der Waals surface area contributed by atoms with Crippen LogP contribution in [0.4, 0.5) is 4.79 Å². The number of hydrogen-bond donors (Lipinski definition) is 3. The number of hydrogen-bond acceptors (Lipinski definition) is 4. The van der Waals surface area contributed by atoms with E-state index in [0.29, 0.717) is 31.7 Å². The van der Waals surface area contributed by atoms with Gasteiger partial charge in [0.05, 0.1) is 17.8 Å². The number of urea groups is 1. The van der Waals surface area contributed by atoms with Gasteiger partial charge in [-0.1, -0.05) is 30.3 Å². The summed E-state index contributed by atoms with van der Waals surface area (Å²) in [5.74, 6) is -0.220. The molecule has 3 aromatic rings. The monoisotopic (exact) mass is 406 g/mol. The topological polar surface area (TPSA) is 101 Å². The van der Waals surface area contributed by atoms with Gasteiger partial charge < -0.3 is 16.0 Å². The van der Waals surface area contributed by atoms with E-state index in [2.05, 4.69) is 38.2 Å². The van der Waals surface area contributed by atoms with Gasteiger partial charge in [0.25, 0.3) is 5.91 Å². The van der Waals surface area contributed by atoms with Crippen LogP contribution in [-0.4, -0.2) is 39.8 Å². The fraction of sp³-hybridized carbons (Fsp3) is 0.273. The molecule has 30 heavy (non-hydrogen) atoms. The van der Waals surface area contributed by atoms with Crippen LogP contribution in [0.3, 0.4) is 0 Å². The smallest absolute Gasteiger partial charge is 0.315 e. The molecule has 8 nitrogen and oxygen atoms in total. The first-order valence-corrected chi connectivity index (χ1v) is 9.81. The summed E-state index contributed by atoms with van der Waals surface area (Å²) in [6.07, 6.45) is 3.11. The molecule has 0 unspecified atom stereocenters. The lowest BCUT2D eigenvalue weighted by Gasteiger charge is -2.09. The van der Waals surface area contributed by atoms with E-state index in [1.54, 1.807) is 18.3 Å². The molecule has 3 rings (SSSR count). The van der Waals surface area contributed by atoms with Crippen LogP contribution in [0.25, 0.3) is 0 Å². The maximum atomic E-state index is 12.1. The molecule has 0 aliphatic rings. The zero-order valence-corrected chi connectivity index (χ0v) is 17.2. The summed E-state index contributed by atoms with van der Waals surface area (Å²) in [7, 11) is 0. The minimum absolute atomic E-state index is 0.220. The van der Waals surface area contributed by atoms with Gasteiger partial charge in [0.15, 0.2) is 0 Å². The van der Waals surface area contributed by atoms with Crippen molar-refractivity contribution >= 4 is 11.9 Å². The van der Waals surface area contributed by atoms with Gasteiger partial charge >= 0.3 is 6.03 Å². The summed E-state index contributed by atoms with van der Waals surface area (Å²) in [6.45, 7) is 5.68. The standard InChI is InChI=1S/C22H26N6O2/c1-16-20(17(2)28(27-16)15-18-7-4-3-5-8-18)14-26-22(30)25-12-11-24-21(29)19-9-6-10-23-13-19/h3-10,13H,11-12,14-15H2,1-2H3,(H,24,29)(H2,25,26,30).